The molecule has 1 aromatic heterocycles. The van der Waals surface area contributed by atoms with E-state index < -0.39 is 28.3 Å². The number of benzene rings is 2. The highest BCUT2D eigenvalue weighted by Gasteiger charge is 2.65. The van der Waals surface area contributed by atoms with Crippen LogP contribution in [0.4, 0.5) is 0 Å². The van der Waals surface area contributed by atoms with E-state index in [0.717, 1.165) is 0 Å². The standard InChI is InChI=1S/C25H14N4O4/c1-15(30)32-17-7-8-18-19-10-20(16-5-3-2-4-6-16)24(11-26,12-27)25(13-28,14-29)22(19)23(31)33-21(18)9-17/h2-9,20H,10H2,1H3. The number of hydrogen-bond donors (Lipinski definition) is 0. The Labute approximate surface area is 188 Å². The van der Waals surface area contributed by atoms with Crippen molar-refractivity contribution in [3.63, 3.8) is 0 Å². The minimum Gasteiger partial charge on any atom is -0.427 e. The van der Waals surface area contributed by atoms with Crippen LogP contribution in [0, 0.1) is 50.7 Å². The van der Waals surface area contributed by atoms with Crippen LogP contribution in [-0.4, -0.2) is 5.97 Å². The van der Waals surface area contributed by atoms with E-state index in [0.29, 0.717) is 16.5 Å². The molecule has 0 fully saturated rings. The van der Waals surface area contributed by atoms with Gasteiger partial charge in [-0.15, -0.1) is 0 Å². The van der Waals surface area contributed by atoms with Gasteiger partial charge in [0.25, 0.3) is 0 Å². The molecule has 8 heteroatoms. The number of esters is 1. The van der Waals surface area contributed by atoms with Crippen molar-refractivity contribution in [3.05, 3.63) is 75.6 Å². The second kappa shape index (κ2) is 7.65. The van der Waals surface area contributed by atoms with Gasteiger partial charge >= 0.3 is 11.6 Å². The summed E-state index contributed by atoms with van der Waals surface area (Å²) < 4.78 is 10.5. The fourth-order valence-electron chi connectivity index (χ4n) is 4.60. The highest BCUT2D eigenvalue weighted by Crippen LogP contribution is 2.56. The summed E-state index contributed by atoms with van der Waals surface area (Å²) in [5, 5.41) is 41.1. The summed E-state index contributed by atoms with van der Waals surface area (Å²) in [5.74, 6) is -1.28. The molecule has 8 nitrogen and oxygen atoms in total. The molecule has 1 aliphatic rings. The second-order valence-electron chi connectivity index (χ2n) is 7.67. The fourth-order valence-corrected chi connectivity index (χ4v) is 4.60. The molecular weight excluding hydrogens is 420 g/mol. The van der Waals surface area contributed by atoms with Crippen molar-refractivity contribution in [2.45, 2.75) is 24.7 Å². The molecule has 0 spiro atoms. The van der Waals surface area contributed by atoms with E-state index in [2.05, 4.69) is 0 Å². The predicted molar refractivity (Wildman–Crippen MR) is 113 cm³/mol. The Hall–Kier alpha value is -4.92. The number of carbonyl (C=O) groups is 1. The van der Waals surface area contributed by atoms with Crippen LogP contribution in [0.1, 0.15) is 29.5 Å². The minimum absolute atomic E-state index is 0.0423. The molecular formula is C25H14N4O4. The van der Waals surface area contributed by atoms with Gasteiger partial charge in [0.1, 0.15) is 11.3 Å². The van der Waals surface area contributed by atoms with E-state index in [-0.39, 0.29) is 23.3 Å². The summed E-state index contributed by atoms with van der Waals surface area (Å²) >= 11 is 0. The summed E-state index contributed by atoms with van der Waals surface area (Å²) in [5.41, 5.74) is -4.85. The van der Waals surface area contributed by atoms with Crippen molar-refractivity contribution in [2.75, 3.05) is 0 Å². The summed E-state index contributed by atoms with van der Waals surface area (Å²) in [7, 11) is 0. The number of fused-ring (bicyclic) bond motifs is 3. The molecule has 158 valence electrons. The van der Waals surface area contributed by atoms with Crippen LogP contribution in [0.15, 0.2) is 57.7 Å². The SMILES string of the molecule is CC(=O)Oc1ccc2c3c(c(=O)oc2c1)C(C#N)(C#N)C(C#N)(C#N)C(c1ccccc1)C3. The fraction of sp³-hybridized carbons (Fsp3) is 0.200. The molecule has 2 aromatic carbocycles. The third kappa shape index (κ3) is 2.87. The van der Waals surface area contributed by atoms with Gasteiger partial charge in [-0.2, -0.15) is 21.0 Å². The molecule has 3 aromatic rings. The molecule has 0 saturated carbocycles. The van der Waals surface area contributed by atoms with Crippen LogP contribution in [-0.2, 0) is 16.6 Å². The van der Waals surface area contributed by atoms with E-state index in [4.69, 9.17) is 9.15 Å². The molecule has 0 N–H and O–H groups in total. The van der Waals surface area contributed by atoms with Gasteiger partial charge < -0.3 is 9.15 Å². The molecule has 1 aliphatic carbocycles. The summed E-state index contributed by atoms with van der Waals surface area (Å²) in [6.07, 6.45) is 0.0423. The Kier molecular flexibility index (Phi) is 4.94. The molecule has 0 radical (unpaired) electrons. The number of ether oxygens (including phenoxy) is 1. The van der Waals surface area contributed by atoms with Gasteiger partial charge in [0, 0.05) is 24.3 Å². The Balaban J connectivity index is 2.13. The largest absolute Gasteiger partial charge is 0.427 e. The van der Waals surface area contributed by atoms with Gasteiger partial charge in [-0.05, 0) is 29.7 Å². The van der Waals surface area contributed by atoms with Crippen molar-refractivity contribution in [2.24, 2.45) is 5.41 Å². The van der Waals surface area contributed by atoms with Crippen molar-refractivity contribution < 1.29 is 13.9 Å². The van der Waals surface area contributed by atoms with E-state index in [1.165, 1.54) is 19.1 Å². The van der Waals surface area contributed by atoms with Crippen molar-refractivity contribution in [1.29, 1.82) is 21.0 Å². The summed E-state index contributed by atoms with van der Waals surface area (Å²) in [6.45, 7) is 1.23. The molecule has 1 heterocycles. The Morgan fingerprint density at radius 2 is 1.70 bits per heavy atom. The zero-order valence-electron chi connectivity index (χ0n) is 17.3. The number of hydrogen-bond acceptors (Lipinski definition) is 8. The second-order valence-corrected chi connectivity index (χ2v) is 7.67. The number of nitrogens with zero attached hydrogens (tertiary/aromatic N) is 4. The average Bonchev–Trinajstić information content (AvgIpc) is 2.82. The first kappa shape index (κ1) is 21.3. The van der Waals surface area contributed by atoms with Gasteiger partial charge in [-0.3, -0.25) is 4.79 Å². The van der Waals surface area contributed by atoms with Crippen LogP contribution < -0.4 is 10.4 Å². The molecule has 0 saturated heterocycles. The number of rotatable bonds is 2. The van der Waals surface area contributed by atoms with Crippen molar-refractivity contribution >= 4 is 16.9 Å². The number of nitriles is 4. The third-order valence-corrected chi connectivity index (χ3v) is 6.04. The normalized spacial score (nSPS) is 17.4. The quantitative estimate of drug-likeness (QED) is 0.338. The van der Waals surface area contributed by atoms with E-state index >= 15 is 0 Å². The Morgan fingerprint density at radius 1 is 1.03 bits per heavy atom. The van der Waals surface area contributed by atoms with Crippen LogP contribution >= 0.6 is 0 Å². The first-order valence-electron chi connectivity index (χ1n) is 9.86. The molecule has 1 unspecified atom stereocenters. The average molecular weight is 434 g/mol. The lowest BCUT2D eigenvalue weighted by Crippen LogP contribution is -2.53. The Morgan fingerprint density at radius 3 is 2.27 bits per heavy atom. The lowest BCUT2D eigenvalue weighted by molar-refractivity contribution is -0.131. The van der Waals surface area contributed by atoms with Crippen LogP contribution in [0.5, 0.6) is 5.75 Å². The van der Waals surface area contributed by atoms with E-state index in [1.54, 1.807) is 36.4 Å². The summed E-state index contributed by atoms with van der Waals surface area (Å²) in [4.78, 5) is 24.4. The molecule has 33 heavy (non-hydrogen) atoms. The highest BCUT2D eigenvalue weighted by atomic mass is 16.5. The van der Waals surface area contributed by atoms with Gasteiger partial charge in [-0.1, -0.05) is 30.3 Å². The highest BCUT2D eigenvalue weighted by molar-refractivity contribution is 5.85. The first-order valence-corrected chi connectivity index (χ1v) is 9.86. The monoisotopic (exact) mass is 434 g/mol. The van der Waals surface area contributed by atoms with Crippen molar-refractivity contribution in [3.8, 4) is 30.0 Å². The minimum atomic E-state index is -2.39. The lowest BCUT2D eigenvalue weighted by atomic mass is 9.50. The molecule has 4 rings (SSSR count). The van der Waals surface area contributed by atoms with Gasteiger partial charge in [-0.25, -0.2) is 4.79 Å². The molecule has 0 amide bonds. The number of carbonyl (C=O) groups excluding carboxylic acids is 1. The third-order valence-electron chi connectivity index (χ3n) is 6.04. The maximum atomic E-state index is 13.1. The predicted octanol–water partition coefficient (Wildman–Crippen LogP) is 3.38. The van der Waals surface area contributed by atoms with E-state index in [1.807, 2.05) is 24.3 Å². The van der Waals surface area contributed by atoms with Crippen molar-refractivity contribution in [1.82, 2.24) is 0 Å². The van der Waals surface area contributed by atoms with Crippen LogP contribution in [0.3, 0.4) is 0 Å². The molecule has 1 atom stereocenters. The van der Waals surface area contributed by atoms with E-state index in [9.17, 15) is 30.6 Å². The van der Waals surface area contributed by atoms with Crippen LogP contribution in [0.2, 0.25) is 0 Å². The topological polar surface area (TPSA) is 152 Å². The zero-order chi connectivity index (χ0) is 23.8. The maximum Gasteiger partial charge on any atom is 0.342 e. The van der Waals surface area contributed by atoms with Gasteiger partial charge in [0.15, 0.2) is 5.41 Å². The molecule has 0 aliphatic heterocycles. The molecule has 0 bridgehead atoms. The zero-order valence-corrected chi connectivity index (χ0v) is 17.3. The van der Waals surface area contributed by atoms with Gasteiger partial charge in [0.2, 0.25) is 5.41 Å². The van der Waals surface area contributed by atoms with Gasteiger partial charge in [0.05, 0.1) is 29.8 Å². The smallest absolute Gasteiger partial charge is 0.342 e. The Bertz CT molecular complexity index is 1500. The van der Waals surface area contributed by atoms with Crippen LogP contribution in [0.25, 0.3) is 11.0 Å². The lowest BCUT2D eigenvalue weighted by Gasteiger charge is -2.42. The first-order chi connectivity index (χ1) is 15.9. The maximum absolute atomic E-state index is 13.1. The summed E-state index contributed by atoms with van der Waals surface area (Å²) in [6, 6.07) is 20.5.